The van der Waals surface area contributed by atoms with Gasteiger partial charge in [-0.25, -0.2) is 0 Å². The summed E-state index contributed by atoms with van der Waals surface area (Å²) in [4.78, 5) is 17.3. The van der Waals surface area contributed by atoms with Gasteiger partial charge in [0.1, 0.15) is 5.75 Å². The highest BCUT2D eigenvalue weighted by Crippen LogP contribution is 2.25. The number of hydrogen-bond acceptors (Lipinski definition) is 5. The molecule has 130 valence electrons. The van der Waals surface area contributed by atoms with Crippen LogP contribution in [0.15, 0.2) is 24.4 Å². The Kier molecular flexibility index (Phi) is 5.06. The predicted octanol–water partition coefficient (Wildman–Crippen LogP) is 1.57. The third-order valence-electron chi connectivity index (χ3n) is 4.84. The average Bonchev–Trinajstić information content (AvgIpc) is 3.02. The first-order valence-corrected chi connectivity index (χ1v) is 8.24. The van der Waals surface area contributed by atoms with Gasteiger partial charge in [0.15, 0.2) is 0 Å². The highest BCUT2D eigenvalue weighted by molar-refractivity contribution is 5.84. The summed E-state index contributed by atoms with van der Waals surface area (Å²) in [6.45, 7) is 2.17. The SMILES string of the molecule is COC(=O)[C@@H]1CN(CCc2c[nH]c3ccc(OC)cc23)CC[C@H]1O. The lowest BCUT2D eigenvalue weighted by Gasteiger charge is -2.34. The number of nitrogens with one attached hydrogen (secondary N) is 1. The molecule has 1 aliphatic rings. The summed E-state index contributed by atoms with van der Waals surface area (Å²) in [5.41, 5.74) is 2.32. The zero-order chi connectivity index (χ0) is 17.1. The zero-order valence-electron chi connectivity index (χ0n) is 14.1. The molecule has 1 aliphatic heterocycles. The van der Waals surface area contributed by atoms with Gasteiger partial charge < -0.3 is 24.5 Å². The maximum Gasteiger partial charge on any atom is 0.312 e. The number of rotatable bonds is 5. The molecule has 2 N–H and O–H groups in total. The van der Waals surface area contributed by atoms with Crippen molar-refractivity contribution in [1.29, 1.82) is 0 Å². The van der Waals surface area contributed by atoms with E-state index >= 15 is 0 Å². The topological polar surface area (TPSA) is 74.8 Å². The zero-order valence-corrected chi connectivity index (χ0v) is 14.1. The molecule has 0 radical (unpaired) electrons. The molecular formula is C18H24N2O4. The van der Waals surface area contributed by atoms with E-state index in [0.717, 1.165) is 36.2 Å². The summed E-state index contributed by atoms with van der Waals surface area (Å²) < 4.78 is 10.1. The van der Waals surface area contributed by atoms with E-state index < -0.39 is 12.0 Å². The van der Waals surface area contributed by atoms with Crippen LogP contribution in [-0.4, -0.2) is 60.9 Å². The van der Waals surface area contributed by atoms with Crippen LogP contribution in [0.4, 0.5) is 0 Å². The first kappa shape index (κ1) is 16.8. The number of methoxy groups -OCH3 is 2. The number of H-pyrrole nitrogens is 1. The molecule has 2 atom stereocenters. The number of aromatic nitrogens is 1. The van der Waals surface area contributed by atoms with Gasteiger partial charge in [0, 0.05) is 36.7 Å². The van der Waals surface area contributed by atoms with Crippen molar-refractivity contribution < 1.29 is 19.4 Å². The Balaban J connectivity index is 1.66. The minimum Gasteiger partial charge on any atom is -0.497 e. The standard InChI is InChI=1S/C18H24N2O4/c1-23-13-3-4-16-14(9-13)12(10-19-16)5-7-20-8-6-17(21)15(11-20)18(22)24-2/h3-4,9-10,15,17,19,21H,5-8,11H2,1-2H3/t15-,17-/m1/s1. The number of aromatic amines is 1. The van der Waals surface area contributed by atoms with E-state index in [-0.39, 0.29) is 5.97 Å². The molecule has 0 unspecified atom stereocenters. The number of nitrogens with zero attached hydrogens (tertiary/aromatic N) is 1. The van der Waals surface area contributed by atoms with Crippen LogP contribution in [0.5, 0.6) is 5.75 Å². The number of carbonyl (C=O) groups excluding carboxylic acids is 1. The molecule has 2 heterocycles. The van der Waals surface area contributed by atoms with E-state index in [9.17, 15) is 9.90 Å². The summed E-state index contributed by atoms with van der Waals surface area (Å²) in [5, 5.41) is 11.2. The number of hydrogen-bond donors (Lipinski definition) is 2. The molecule has 24 heavy (non-hydrogen) atoms. The number of piperidine rings is 1. The first-order chi connectivity index (χ1) is 11.6. The van der Waals surface area contributed by atoms with Gasteiger partial charge in [0.05, 0.1) is 26.2 Å². The number of likely N-dealkylation sites (tertiary alicyclic amines) is 1. The quantitative estimate of drug-likeness (QED) is 0.813. The number of esters is 1. The number of ether oxygens (including phenoxy) is 2. The smallest absolute Gasteiger partial charge is 0.312 e. The number of carbonyl (C=O) groups is 1. The molecular weight excluding hydrogens is 308 g/mol. The Hall–Kier alpha value is -2.05. The van der Waals surface area contributed by atoms with Crippen LogP contribution in [0.25, 0.3) is 10.9 Å². The Morgan fingerprint density at radius 2 is 2.25 bits per heavy atom. The van der Waals surface area contributed by atoms with E-state index in [0.29, 0.717) is 13.0 Å². The van der Waals surface area contributed by atoms with Gasteiger partial charge in [-0.2, -0.15) is 0 Å². The Morgan fingerprint density at radius 3 is 3.00 bits per heavy atom. The van der Waals surface area contributed by atoms with Crippen LogP contribution in [-0.2, 0) is 16.0 Å². The molecule has 6 heteroatoms. The normalized spacial score (nSPS) is 21.8. The van der Waals surface area contributed by atoms with Crippen molar-refractivity contribution >= 4 is 16.9 Å². The third kappa shape index (κ3) is 3.39. The fourth-order valence-corrected chi connectivity index (χ4v) is 3.36. The average molecular weight is 332 g/mol. The molecule has 0 bridgehead atoms. The van der Waals surface area contributed by atoms with Gasteiger partial charge >= 0.3 is 5.97 Å². The lowest BCUT2D eigenvalue weighted by Crippen LogP contribution is -2.47. The number of aliphatic hydroxyl groups is 1. The first-order valence-electron chi connectivity index (χ1n) is 8.24. The molecule has 6 nitrogen and oxygen atoms in total. The third-order valence-corrected chi connectivity index (χ3v) is 4.84. The van der Waals surface area contributed by atoms with Gasteiger partial charge in [-0.3, -0.25) is 4.79 Å². The molecule has 1 saturated heterocycles. The second kappa shape index (κ2) is 7.23. The van der Waals surface area contributed by atoms with Gasteiger partial charge in [0.25, 0.3) is 0 Å². The number of fused-ring (bicyclic) bond motifs is 1. The molecule has 0 saturated carbocycles. The van der Waals surface area contributed by atoms with E-state index in [1.165, 1.54) is 12.7 Å². The number of benzene rings is 1. The van der Waals surface area contributed by atoms with Crippen molar-refractivity contribution in [3.63, 3.8) is 0 Å². The van der Waals surface area contributed by atoms with Crippen molar-refractivity contribution in [3.8, 4) is 5.75 Å². The summed E-state index contributed by atoms with van der Waals surface area (Å²) in [6.07, 6.45) is 2.89. The molecule has 0 spiro atoms. The molecule has 0 amide bonds. The monoisotopic (exact) mass is 332 g/mol. The van der Waals surface area contributed by atoms with Crippen molar-refractivity contribution in [1.82, 2.24) is 9.88 Å². The van der Waals surface area contributed by atoms with Gasteiger partial charge in [-0.05, 0) is 36.6 Å². The summed E-state index contributed by atoms with van der Waals surface area (Å²) in [6, 6.07) is 6.00. The summed E-state index contributed by atoms with van der Waals surface area (Å²) >= 11 is 0. The maximum atomic E-state index is 11.8. The molecule has 1 fully saturated rings. The van der Waals surface area contributed by atoms with Gasteiger partial charge in [0.2, 0.25) is 0 Å². The minimum atomic E-state index is -0.606. The predicted molar refractivity (Wildman–Crippen MR) is 91.1 cm³/mol. The van der Waals surface area contributed by atoms with Crippen LogP contribution < -0.4 is 4.74 Å². The lowest BCUT2D eigenvalue weighted by atomic mass is 9.94. The Labute approximate surface area is 141 Å². The fraction of sp³-hybridized carbons (Fsp3) is 0.500. The summed E-state index contributed by atoms with van der Waals surface area (Å²) in [7, 11) is 3.03. The Morgan fingerprint density at radius 1 is 1.42 bits per heavy atom. The lowest BCUT2D eigenvalue weighted by molar-refractivity contribution is -0.152. The van der Waals surface area contributed by atoms with E-state index in [1.807, 2.05) is 24.4 Å². The van der Waals surface area contributed by atoms with Crippen molar-refractivity contribution in [3.05, 3.63) is 30.0 Å². The van der Waals surface area contributed by atoms with Gasteiger partial charge in [-0.1, -0.05) is 0 Å². The Bertz CT molecular complexity index is 712. The van der Waals surface area contributed by atoms with E-state index in [2.05, 4.69) is 9.88 Å². The fourth-order valence-electron chi connectivity index (χ4n) is 3.36. The molecule has 1 aromatic heterocycles. The highest BCUT2D eigenvalue weighted by Gasteiger charge is 2.33. The number of aliphatic hydroxyl groups excluding tert-OH is 1. The molecule has 3 rings (SSSR count). The van der Waals surface area contributed by atoms with E-state index in [1.54, 1.807) is 7.11 Å². The van der Waals surface area contributed by atoms with Crippen LogP contribution in [0.1, 0.15) is 12.0 Å². The van der Waals surface area contributed by atoms with Crippen molar-refractivity contribution in [2.75, 3.05) is 33.9 Å². The van der Waals surface area contributed by atoms with Crippen molar-refractivity contribution in [2.24, 2.45) is 5.92 Å². The van der Waals surface area contributed by atoms with Crippen LogP contribution >= 0.6 is 0 Å². The molecule has 2 aromatic rings. The second-order valence-electron chi connectivity index (χ2n) is 6.26. The maximum absolute atomic E-state index is 11.8. The second-order valence-corrected chi connectivity index (χ2v) is 6.26. The minimum absolute atomic E-state index is 0.330. The van der Waals surface area contributed by atoms with Gasteiger partial charge in [-0.15, -0.1) is 0 Å². The van der Waals surface area contributed by atoms with Crippen LogP contribution in [0, 0.1) is 5.92 Å². The molecule has 1 aromatic carbocycles. The van der Waals surface area contributed by atoms with Crippen molar-refractivity contribution in [2.45, 2.75) is 18.9 Å². The molecule has 0 aliphatic carbocycles. The van der Waals surface area contributed by atoms with E-state index in [4.69, 9.17) is 9.47 Å². The largest absolute Gasteiger partial charge is 0.497 e. The van der Waals surface area contributed by atoms with Crippen LogP contribution in [0.3, 0.4) is 0 Å². The van der Waals surface area contributed by atoms with Crippen LogP contribution in [0.2, 0.25) is 0 Å². The summed E-state index contributed by atoms with van der Waals surface area (Å²) in [5.74, 6) is 0.0612. The highest BCUT2D eigenvalue weighted by atomic mass is 16.5.